The first kappa shape index (κ1) is 28.2. The molecule has 0 bridgehead atoms. The molecule has 206 valence electrons. The molecular formula is C28H37FN4O4S. The number of unbranched alkanes of at least 4 members (excludes halogenated alkanes) is 1. The quantitative estimate of drug-likeness (QED) is 0.423. The van der Waals surface area contributed by atoms with Gasteiger partial charge in [-0.2, -0.15) is 4.31 Å². The second-order valence-electron chi connectivity index (χ2n) is 10.6. The summed E-state index contributed by atoms with van der Waals surface area (Å²) in [5.74, 6) is -1.10. The number of carbonyl (C=O) groups is 2. The number of carbonyl (C=O) groups excluding carboxylic acids is 2. The number of nitrogens with one attached hydrogen (secondary N) is 1. The summed E-state index contributed by atoms with van der Waals surface area (Å²) in [6.45, 7) is 4.09. The van der Waals surface area contributed by atoms with Gasteiger partial charge in [0.1, 0.15) is 5.82 Å². The number of piperazine rings is 1. The summed E-state index contributed by atoms with van der Waals surface area (Å²) < 4.78 is 38.4. The minimum Gasteiger partial charge on any atom is -0.366 e. The Hall–Kier alpha value is -2.82. The van der Waals surface area contributed by atoms with Crippen molar-refractivity contribution in [2.24, 2.45) is 5.73 Å². The van der Waals surface area contributed by atoms with E-state index in [1.807, 2.05) is 12.1 Å². The first-order valence-electron chi connectivity index (χ1n) is 13.1. The second kappa shape index (κ2) is 11.5. The summed E-state index contributed by atoms with van der Waals surface area (Å²) in [6.07, 6.45) is 4.32. The van der Waals surface area contributed by atoms with E-state index in [0.717, 1.165) is 31.4 Å². The molecule has 3 N–H and O–H groups in total. The van der Waals surface area contributed by atoms with Crippen LogP contribution >= 0.6 is 0 Å². The molecular weight excluding hydrogens is 507 g/mol. The molecule has 10 heteroatoms. The molecule has 2 aromatic carbocycles. The topological polar surface area (TPSA) is 113 Å². The van der Waals surface area contributed by atoms with E-state index < -0.39 is 21.8 Å². The van der Waals surface area contributed by atoms with Crippen LogP contribution in [0.15, 0.2) is 48.5 Å². The molecule has 2 fully saturated rings. The molecule has 0 aromatic heterocycles. The highest BCUT2D eigenvalue weighted by molar-refractivity contribution is 7.88. The molecule has 1 heterocycles. The molecule has 1 saturated heterocycles. The number of primary amides is 1. The zero-order chi connectivity index (χ0) is 27.5. The lowest BCUT2D eigenvalue weighted by molar-refractivity contribution is -0.134. The Bertz CT molecular complexity index is 1260. The lowest BCUT2D eigenvalue weighted by Gasteiger charge is -2.35. The molecule has 1 saturated carbocycles. The lowest BCUT2D eigenvalue weighted by atomic mass is 9.88. The lowest BCUT2D eigenvalue weighted by Crippen LogP contribution is -2.51. The highest BCUT2D eigenvalue weighted by atomic mass is 32.2. The molecule has 2 aliphatic rings. The van der Waals surface area contributed by atoms with Crippen molar-refractivity contribution in [3.05, 3.63) is 71.0 Å². The van der Waals surface area contributed by atoms with Gasteiger partial charge in [0.15, 0.2) is 0 Å². The van der Waals surface area contributed by atoms with Crippen LogP contribution in [0.25, 0.3) is 0 Å². The van der Waals surface area contributed by atoms with Gasteiger partial charge in [-0.1, -0.05) is 36.8 Å². The Morgan fingerprint density at radius 1 is 1.08 bits per heavy atom. The fourth-order valence-corrected chi connectivity index (χ4v) is 6.31. The van der Waals surface area contributed by atoms with Crippen molar-refractivity contribution >= 4 is 21.8 Å². The maximum Gasteiger partial charge on any atom is 0.249 e. The summed E-state index contributed by atoms with van der Waals surface area (Å²) in [4.78, 5) is 27.5. The summed E-state index contributed by atoms with van der Waals surface area (Å²) in [5, 5.41) is 3.63. The van der Waals surface area contributed by atoms with Crippen molar-refractivity contribution in [1.29, 1.82) is 0 Å². The summed E-state index contributed by atoms with van der Waals surface area (Å²) >= 11 is 0. The highest BCUT2D eigenvalue weighted by Crippen LogP contribution is 2.51. The van der Waals surface area contributed by atoms with E-state index >= 15 is 0 Å². The van der Waals surface area contributed by atoms with Crippen molar-refractivity contribution < 1.29 is 22.4 Å². The molecule has 3 atom stereocenters. The normalized spacial score (nSPS) is 22.7. The van der Waals surface area contributed by atoms with Gasteiger partial charge in [-0.3, -0.25) is 9.59 Å². The number of hydrogen-bond donors (Lipinski definition) is 2. The smallest absolute Gasteiger partial charge is 0.249 e. The summed E-state index contributed by atoms with van der Waals surface area (Å²) in [5.41, 5.74) is 7.70. The van der Waals surface area contributed by atoms with E-state index in [1.165, 1.54) is 22.7 Å². The van der Waals surface area contributed by atoms with Crippen LogP contribution in [0.5, 0.6) is 0 Å². The monoisotopic (exact) mass is 544 g/mol. The van der Waals surface area contributed by atoms with Gasteiger partial charge in [0.25, 0.3) is 0 Å². The van der Waals surface area contributed by atoms with Crippen LogP contribution in [0, 0.1) is 5.82 Å². The standard InChI is InChI=1S/C28H37FN4O4S/c1-28(19-25(28)20-10-12-21(29)13-11-20)31-14-6-5-9-24(22-7-3-4-8-23(22)26(30)34)27(35)32-15-17-33(18-16-32)38(2,36)37/h3-4,7-8,10-13,24-25,31H,5-6,9,14-19H2,1-2H3,(H2,30,34)/t24-,25-,28+/m0/s1. The largest absolute Gasteiger partial charge is 0.366 e. The SMILES string of the molecule is C[C@@]1(NCCCC[C@H](C(=O)N2CCN(S(C)(=O)=O)CC2)c2ccccc2C(N)=O)C[C@H]1c1ccc(F)cc1. The minimum atomic E-state index is -3.31. The molecule has 0 radical (unpaired) electrons. The Morgan fingerprint density at radius 3 is 2.37 bits per heavy atom. The maximum atomic E-state index is 13.7. The van der Waals surface area contributed by atoms with Crippen LogP contribution < -0.4 is 11.1 Å². The number of nitrogens with two attached hydrogens (primary N) is 1. The molecule has 2 aromatic rings. The van der Waals surface area contributed by atoms with Crippen molar-refractivity contribution in [2.75, 3.05) is 39.0 Å². The van der Waals surface area contributed by atoms with Crippen molar-refractivity contribution in [2.45, 2.75) is 50.0 Å². The van der Waals surface area contributed by atoms with Gasteiger partial charge in [-0.25, -0.2) is 12.8 Å². The third-order valence-electron chi connectivity index (χ3n) is 7.88. The van der Waals surface area contributed by atoms with Gasteiger partial charge in [-0.15, -0.1) is 0 Å². The number of nitrogens with zero attached hydrogens (tertiary/aromatic N) is 2. The van der Waals surface area contributed by atoms with Crippen molar-refractivity contribution in [3.63, 3.8) is 0 Å². The maximum absolute atomic E-state index is 13.7. The molecule has 0 unspecified atom stereocenters. The van der Waals surface area contributed by atoms with Gasteiger partial charge < -0.3 is 16.0 Å². The van der Waals surface area contributed by atoms with Crippen LogP contribution in [0.3, 0.4) is 0 Å². The fraction of sp³-hybridized carbons (Fsp3) is 0.500. The van der Waals surface area contributed by atoms with Gasteiger partial charge >= 0.3 is 0 Å². The number of amides is 2. The number of benzene rings is 2. The molecule has 0 spiro atoms. The molecule has 1 aliphatic carbocycles. The van der Waals surface area contributed by atoms with Crippen molar-refractivity contribution in [1.82, 2.24) is 14.5 Å². The second-order valence-corrected chi connectivity index (χ2v) is 12.6. The summed E-state index contributed by atoms with van der Waals surface area (Å²) in [7, 11) is -3.31. The average molecular weight is 545 g/mol. The molecule has 4 rings (SSSR count). The van der Waals surface area contributed by atoms with Crippen LogP contribution in [-0.2, 0) is 14.8 Å². The van der Waals surface area contributed by atoms with Crippen LogP contribution in [0.4, 0.5) is 4.39 Å². The van der Waals surface area contributed by atoms with Crippen LogP contribution in [-0.4, -0.2) is 74.0 Å². The van der Waals surface area contributed by atoms with Gasteiger partial charge in [-0.05, 0) is 62.1 Å². The Morgan fingerprint density at radius 2 is 1.74 bits per heavy atom. The van der Waals surface area contributed by atoms with E-state index in [0.29, 0.717) is 36.6 Å². The van der Waals surface area contributed by atoms with E-state index in [4.69, 9.17) is 5.73 Å². The Balaban J connectivity index is 1.37. The number of hydrogen-bond acceptors (Lipinski definition) is 5. The van der Waals surface area contributed by atoms with Crippen LogP contribution in [0.2, 0.25) is 0 Å². The minimum absolute atomic E-state index is 0.0229. The van der Waals surface area contributed by atoms with E-state index in [9.17, 15) is 22.4 Å². The van der Waals surface area contributed by atoms with Gasteiger partial charge in [0.05, 0.1) is 12.2 Å². The average Bonchev–Trinajstić information content (AvgIpc) is 3.56. The number of rotatable bonds is 11. The van der Waals surface area contributed by atoms with Gasteiger partial charge in [0, 0.05) is 43.2 Å². The fourth-order valence-electron chi connectivity index (χ4n) is 5.49. The molecule has 2 amide bonds. The highest BCUT2D eigenvalue weighted by Gasteiger charge is 2.50. The summed E-state index contributed by atoms with van der Waals surface area (Å²) in [6, 6.07) is 13.6. The van der Waals surface area contributed by atoms with Gasteiger partial charge in [0.2, 0.25) is 21.8 Å². The Kier molecular flexibility index (Phi) is 8.54. The van der Waals surface area contributed by atoms with E-state index in [1.54, 1.807) is 29.2 Å². The Labute approximate surface area is 224 Å². The molecule has 1 aliphatic heterocycles. The molecule has 8 nitrogen and oxygen atoms in total. The first-order valence-corrected chi connectivity index (χ1v) is 15.0. The van der Waals surface area contributed by atoms with E-state index in [2.05, 4.69) is 12.2 Å². The number of halogens is 1. The van der Waals surface area contributed by atoms with E-state index in [-0.39, 0.29) is 30.4 Å². The number of sulfonamides is 1. The van der Waals surface area contributed by atoms with Crippen molar-refractivity contribution in [3.8, 4) is 0 Å². The predicted molar refractivity (Wildman–Crippen MR) is 145 cm³/mol. The first-order chi connectivity index (χ1) is 18.0. The molecule has 38 heavy (non-hydrogen) atoms. The zero-order valence-corrected chi connectivity index (χ0v) is 22.8. The third-order valence-corrected chi connectivity index (χ3v) is 9.18. The third kappa shape index (κ3) is 6.59. The van der Waals surface area contributed by atoms with Crippen LogP contribution in [0.1, 0.15) is 65.9 Å². The predicted octanol–water partition coefficient (Wildman–Crippen LogP) is 2.82. The zero-order valence-electron chi connectivity index (χ0n) is 22.0.